The number of nitro groups is 1. The van der Waals surface area contributed by atoms with Gasteiger partial charge in [0.1, 0.15) is 12.3 Å². The molecule has 2 aliphatic heterocycles. The van der Waals surface area contributed by atoms with E-state index >= 15 is 0 Å². The van der Waals surface area contributed by atoms with Crippen LogP contribution in [0.3, 0.4) is 0 Å². The number of β-lactam (4-membered cyclic amide) rings is 1. The Kier molecular flexibility index (Phi) is 7.67. The lowest BCUT2D eigenvalue weighted by atomic mass is 10.1. The van der Waals surface area contributed by atoms with Gasteiger partial charge in [0, 0.05) is 17.0 Å². The van der Waals surface area contributed by atoms with Gasteiger partial charge in [0.25, 0.3) is 14.0 Å². The average molecular weight is 575 g/mol. The van der Waals surface area contributed by atoms with Crippen molar-refractivity contribution in [2.45, 2.75) is 44.2 Å². The zero-order chi connectivity index (χ0) is 28.5. The Morgan fingerprint density at radius 1 is 0.975 bits per heavy atom. The van der Waals surface area contributed by atoms with E-state index in [1.165, 1.54) is 28.8 Å². The molecule has 206 valence electrons. The first-order chi connectivity index (χ1) is 19.1. The van der Waals surface area contributed by atoms with Crippen LogP contribution in [0.15, 0.2) is 95.5 Å². The Bertz CT molecular complexity index is 1420. The minimum atomic E-state index is -2.87. The highest BCUT2D eigenvalue weighted by Crippen LogP contribution is 2.47. The molecular formula is C30H30N2O6SSi. The highest BCUT2D eigenvalue weighted by atomic mass is 32.2. The molecule has 0 unspecified atom stereocenters. The standard InChI is InChI=1S/C30H30N2O6SSi/c1-30(2,3)40(23-10-6-4-7-11-23,24-12-8-5-9-13-24)38-20-25-28(31-26(33)18-27(31)39-25)29(34)37-19-21-14-16-22(17-15-21)32(35)36/h4-17,27H,18-20H2,1-3H3/t27-/m1/s1. The van der Waals surface area contributed by atoms with Crippen molar-refractivity contribution in [1.82, 2.24) is 4.90 Å². The van der Waals surface area contributed by atoms with Crippen molar-refractivity contribution in [2.24, 2.45) is 0 Å². The van der Waals surface area contributed by atoms with E-state index in [1.54, 1.807) is 12.1 Å². The maximum absolute atomic E-state index is 13.4. The Hall–Kier alpha value is -3.73. The molecule has 0 spiro atoms. The first-order valence-electron chi connectivity index (χ1n) is 13.0. The molecule has 0 N–H and O–H groups in total. The van der Waals surface area contributed by atoms with Crippen LogP contribution in [-0.4, -0.2) is 42.0 Å². The zero-order valence-electron chi connectivity index (χ0n) is 22.5. The van der Waals surface area contributed by atoms with E-state index in [0.717, 1.165) is 10.4 Å². The summed E-state index contributed by atoms with van der Waals surface area (Å²) in [5.74, 6) is -0.734. The highest BCUT2D eigenvalue weighted by Gasteiger charge is 2.52. The number of rotatable bonds is 9. The number of hydrogen-bond acceptors (Lipinski definition) is 7. The van der Waals surface area contributed by atoms with Crippen LogP contribution in [0.5, 0.6) is 0 Å². The number of thioether (sulfide) groups is 1. The van der Waals surface area contributed by atoms with E-state index in [1.807, 2.05) is 36.4 Å². The topological polar surface area (TPSA) is 99.0 Å². The number of amides is 1. The number of benzene rings is 3. The summed E-state index contributed by atoms with van der Waals surface area (Å²) >= 11 is 1.48. The van der Waals surface area contributed by atoms with Crippen molar-refractivity contribution in [1.29, 1.82) is 0 Å². The van der Waals surface area contributed by atoms with Crippen LogP contribution < -0.4 is 10.4 Å². The smallest absolute Gasteiger partial charge is 0.356 e. The highest BCUT2D eigenvalue weighted by molar-refractivity contribution is 8.04. The lowest BCUT2D eigenvalue weighted by Gasteiger charge is -2.43. The maximum atomic E-state index is 13.4. The molecular weight excluding hydrogens is 544 g/mol. The van der Waals surface area contributed by atoms with Crippen LogP contribution in [0.4, 0.5) is 5.69 Å². The van der Waals surface area contributed by atoms with Crippen molar-refractivity contribution >= 4 is 48.0 Å². The molecule has 0 aromatic heterocycles. The number of carbonyl (C=O) groups is 2. The lowest BCUT2D eigenvalue weighted by molar-refractivity contribution is -0.384. The zero-order valence-corrected chi connectivity index (χ0v) is 24.4. The van der Waals surface area contributed by atoms with Crippen molar-refractivity contribution in [3.63, 3.8) is 0 Å². The van der Waals surface area contributed by atoms with Crippen molar-refractivity contribution < 1.29 is 23.7 Å². The third-order valence-electron chi connectivity index (χ3n) is 7.24. The Labute approximate surface area is 238 Å². The molecule has 0 radical (unpaired) electrons. The molecule has 3 aromatic carbocycles. The number of carbonyl (C=O) groups excluding carboxylic acids is 2. The fourth-order valence-corrected chi connectivity index (χ4v) is 11.2. The molecule has 3 aromatic rings. The molecule has 1 fully saturated rings. The van der Waals surface area contributed by atoms with Gasteiger partial charge in [-0.3, -0.25) is 19.8 Å². The third kappa shape index (κ3) is 5.10. The number of hydrogen-bond donors (Lipinski definition) is 0. The summed E-state index contributed by atoms with van der Waals surface area (Å²) in [6.45, 7) is 6.66. The summed E-state index contributed by atoms with van der Waals surface area (Å²) < 4.78 is 12.6. The quantitative estimate of drug-likeness (QED) is 0.120. The number of nitrogens with zero attached hydrogens (tertiary/aromatic N) is 2. The first kappa shape index (κ1) is 27.8. The molecule has 40 heavy (non-hydrogen) atoms. The molecule has 0 saturated carbocycles. The SMILES string of the molecule is CC(C)(C)[Si](OCC1=C(C(=O)OCc2ccc([N+](=O)[O-])cc2)N2C(=O)C[C@H]2S1)(c1ccccc1)c1ccccc1. The number of non-ortho nitro benzene ring substituents is 1. The summed E-state index contributed by atoms with van der Waals surface area (Å²) in [5, 5.41) is 12.8. The average Bonchev–Trinajstić information content (AvgIpc) is 3.24. The molecule has 5 rings (SSSR count). The largest absolute Gasteiger partial charge is 0.456 e. The summed E-state index contributed by atoms with van der Waals surface area (Å²) in [7, 11) is -2.87. The van der Waals surface area contributed by atoms with Gasteiger partial charge in [0.15, 0.2) is 0 Å². The second-order valence-corrected chi connectivity index (χ2v) is 16.3. The van der Waals surface area contributed by atoms with Gasteiger partial charge >= 0.3 is 5.97 Å². The Morgan fingerprint density at radius 2 is 1.55 bits per heavy atom. The Morgan fingerprint density at radius 3 is 2.05 bits per heavy atom. The van der Waals surface area contributed by atoms with Crippen molar-refractivity contribution in [3.05, 3.63) is 111 Å². The van der Waals surface area contributed by atoms with E-state index < -0.39 is 19.2 Å². The van der Waals surface area contributed by atoms with Gasteiger partial charge in [-0.2, -0.15) is 0 Å². The molecule has 0 bridgehead atoms. The molecule has 10 heteroatoms. The first-order valence-corrected chi connectivity index (χ1v) is 15.8. The van der Waals surface area contributed by atoms with Crippen LogP contribution >= 0.6 is 11.8 Å². The minimum absolute atomic E-state index is 0.0400. The number of fused-ring (bicyclic) bond motifs is 1. The molecule has 2 heterocycles. The predicted octanol–water partition coefficient (Wildman–Crippen LogP) is 4.73. The van der Waals surface area contributed by atoms with Crippen LogP contribution in [0.1, 0.15) is 32.8 Å². The second-order valence-electron chi connectivity index (χ2n) is 10.8. The van der Waals surface area contributed by atoms with Gasteiger partial charge < -0.3 is 9.16 Å². The predicted molar refractivity (Wildman–Crippen MR) is 156 cm³/mol. The van der Waals surface area contributed by atoms with Crippen LogP contribution in [0.2, 0.25) is 5.04 Å². The normalized spacial score (nSPS) is 16.9. The van der Waals surface area contributed by atoms with Crippen molar-refractivity contribution in [2.75, 3.05) is 6.61 Å². The van der Waals surface area contributed by atoms with E-state index in [9.17, 15) is 19.7 Å². The van der Waals surface area contributed by atoms with Gasteiger partial charge in [-0.1, -0.05) is 93.2 Å². The van der Waals surface area contributed by atoms with Gasteiger partial charge in [0.05, 0.1) is 23.3 Å². The Balaban J connectivity index is 1.45. The fraction of sp³-hybridized carbons (Fsp3) is 0.267. The van der Waals surface area contributed by atoms with E-state index in [4.69, 9.17) is 9.16 Å². The van der Waals surface area contributed by atoms with Gasteiger partial charge in [-0.25, -0.2) is 4.79 Å². The lowest BCUT2D eigenvalue weighted by Crippen LogP contribution is -2.66. The van der Waals surface area contributed by atoms with Gasteiger partial charge in [-0.05, 0) is 33.1 Å². The molecule has 1 atom stereocenters. The van der Waals surface area contributed by atoms with Crippen LogP contribution in [0, 0.1) is 10.1 Å². The third-order valence-corrected chi connectivity index (χ3v) is 13.5. The molecule has 8 nitrogen and oxygen atoms in total. The summed E-state index contributed by atoms with van der Waals surface area (Å²) in [6, 6.07) is 26.3. The van der Waals surface area contributed by atoms with Crippen molar-refractivity contribution in [3.8, 4) is 0 Å². The maximum Gasteiger partial charge on any atom is 0.356 e. The number of esters is 1. The van der Waals surface area contributed by atoms with Gasteiger partial charge in [0.2, 0.25) is 5.91 Å². The monoisotopic (exact) mass is 574 g/mol. The second kappa shape index (κ2) is 11.0. The summed E-state index contributed by atoms with van der Waals surface area (Å²) in [6.07, 6.45) is 0.354. The number of nitro benzene ring substituents is 1. The van der Waals surface area contributed by atoms with E-state index in [-0.39, 0.29) is 40.9 Å². The number of ether oxygens (including phenoxy) is 1. The van der Waals surface area contributed by atoms with E-state index in [0.29, 0.717) is 16.9 Å². The molecule has 1 amide bonds. The van der Waals surface area contributed by atoms with Gasteiger partial charge in [-0.15, -0.1) is 0 Å². The minimum Gasteiger partial charge on any atom is -0.456 e. The van der Waals surface area contributed by atoms with E-state index in [2.05, 4.69) is 45.0 Å². The summed E-state index contributed by atoms with van der Waals surface area (Å²) in [4.78, 5) is 38.5. The summed E-state index contributed by atoms with van der Waals surface area (Å²) in [5.41, 5.74) is 0.801. The van der Waals surface area contributed by atoms with Crippen LogP contribution in [-0.2, 0) is 25.4 Å². The fourth-order valence-electron chi connectivity index (χ4n) is 5.29. The molecule has 2 aliphatic rings. The molecule has 0 aliphatic carbocycles. The van der Waals surface area contributed by atoms with Crippen LogP contribution in [0.25, 0.3) is 0 Å². The molecule has 1 saturated heterocycles.